The first-order valence-electron chi connectivity index (χ1n) is 18.1. The maximum absolute atomic E-state index is 13.7. The van der Waals surface area contributed by atoms with Gasteiger partial charge in [0.25, 0.3) is 5.91 Å². The van der Waals surface area contributed by atoms with Crippen LogP contribution in [-0.4, -0.2) is 106 Å². The van der Waals surface area contributed by atoms with E-state index in [-0.39, 0.29) is 47.7 Å². The number of hydrogen-bond donors (Lipinski definition) is 3. The molecule has 0 radical (unpaired) electrons. The van der Waals surface area contributed by atoms with Gasteiger partial charge in [-0.15, -0.1) is 0 Å². The number of amides is 1. The molecule has 1 aromatic heterocycles. The second-order valence-electron chi connectivity index (χ2n) is 15.8. The third-order valence-corrected chi connectivity index (χ3v) is 13.7. The number of hydrogen-bond acceptors (Lipinski definition) is 10. The van der Waals surface area contributed by atoms with Gasteiger partial charge in [-0.25, -0.2) is 0 Å². The maximum atomic E-state index is 13.7. The molecule has 5 unspecified atom stereocenters. The minimum Gasteiger partial charge on any atom is -0.498 e. The average Bonchev–Trinajstić information content (AvgIpc) is 4.07. The number of epoxide rings is 2. The van der Waals surface area contributed by atoms with Crippen LogP contribution in [0.3, 0.4) is 0 Å². The number of aromatic nitrogens is 1. The number of aliphatic hydroxyl groups is 2. The smallest absolute Gasteiger partial charge is 0.257 e. The number of rotatable bonds is 0. The highest BCUT2D eigenvalue weighted by Crippen LogP contribution is 2.69. The van der Waals surface area contributed by atoms with Crippen LogP contribution >= 0.6 is 0 Å². The quantitative estimate of drug-likeness (QED) is 0.299. The summed E-state index contributed by atoms with van der Waals surface area (Å²) in [6.07, 6.45) is -3.01. The summed E-state index contributed by atoms with van der Waals surface area (Å²) in [5.74, 6) is -1.55. The van der Waals surface area contributed by atoms with E-state index in [9.17, 15) is 24.6 Å². The predicted molar refractivity (Wildman–Crippen MR) is 179 cm³/mol. The molecule has 15 atom stereocenters. The molecule has 12 heteroatoms. The first-order chi connectivity index (χ1) is 24.6. The van der Waals surface area contributed by atoms with E-state index in [0.29, 0.717) is 5.57 Å². The Balaban J connectivity index is 0.000000124. The molecule has 3 aromatic rings. The molecule has 13 rings (SSSR count). The molecule has 3 aliphatic carbocycles. The molecule has 7 aliphatic heterocycles. The molecule has 12 nitrogen and oxygen atoms in total. The van der Waals surface area contributed by atoms with Crippen LogP contribution in [0, 0.1) is 29.1 Å². The van der Waals surface area contributed by atoms with Gasteiger partial charge in [-0.3, -0.25) is 14.4 Å². The van der Waals surface area contributed by atoms with E-state index in [4.69, 9.17) is 18.9 Å². The number of ketones is 2. The molecular formula is C39H39N3O9. The number of para-hydroxylation sites is 2. The maximum Gasteiger partial charge on any atom is 0.257 e. The van der Waals surface area contributed by atoms with Gasteiger partial charge in [0, 0.05) is 53.7 Å². The standard InChI is InChI=1S/C20H22O8.C19H17N3O/c1-4-7-8-9(13(23)16-15(27-16)12(8)22)19(26-4)20-6(3-25-5(2)10(7)20)11(21)14-17(28-14)18(20)24;1-21-16-9-5-3-7-14(16)19(23)22-11-10-13-12-6-2-4-8-15(12)20-17(13)18(21)22/h3-5,7-11,13-17,19,21,23H,1-2H3;2-9,18,20H,10-11H2,1H3/t4-,5+,7-,8?,9?,10-,11+,13+,14?,15+,16?,17-,19?,20-;18-/m10/s1. The molecule has 51 heavy (non-hydrogen) atoms. The Labute approximate surface area is 293 Å². The largest absolute Gasteiger partial charge is 0.498 e. The topological polar surface area (TPSA) is 157 Å². The average molecular weight is 694 g/mol. The van der Waals surface area contributed by atoms with E-state index >= 15 is 0 Å². The predicted octanol–water partition coefficient (Wildman–Crippen LogP) is 2.28. The molecular weight excluding hydrogens is 654 g/mol. The van der Waals surface area contributed by atoms with E-state index in [0.717, 1.165) is 35.4 Å². The Hall–Kier alpha value is -4.07. The minimum absolute atomic E-state index is 0.00737. The zero-order chi connectivity index (χ0) is 34.8. The number of aliphatic hydroxyl groups excluding tert-OH is 2. The van der Waals surface area contributed by atoms with E-state index in [2.05, 4.69) is 35.1 Å². The lowest BCUT2D eigenvalue weighted by atomic mass is 9.41. The highest BCUT2D eigenvalue weighted by Gasteiger charge is 2.81. The molecule has 3 N–H and O–H groups in total. The molecule has 4 saturated heterocycles. The van der Waals surface area contributed by atoms with Crippen LogP contribution in [0.2, 0.25) is 0 Å². The lowest BCUT2D eigenvalue weighted by molar-refractivity contribution is -0.289. The molecule has 3 saturated carbocycles. The van der Waals surface area contributed by atoms with Gasteiger partial charge >= 0.3 is 0 Å². The summed E-state index contributed by atoms with van der Waals surface area (Å²) < 4.78 is 23.2. The number of nitrogens with zero attached hydrogens (tertiary/aromatic N) is 2. The van der Waals surface area contributed by atoms with Gasteiger partial charge in [0.2, 0.25) is 0 Å². The normalized spacial score (nSPS) is 44.6. The molecule has 264 valence electrons. The second-order valence-corrected chi connectivity index (χ2v) is 15.8. The van der Waals surface area contributed by atoms with E-state index in [1.807, 2.05) is 49.1 Å². The third-order valence-electron chi connectivity index (χ3n) is 13.7. The van der Waals surface area contributed by atoms with Crippen LogP contribution in [0.5, 0.6) is 0 Å². The summed E-state index contributed by atoms with van der Waals surface area (Å²) in [5, 5.41) is 23.2. The Bertz CT molecular complexity index is 2100. The number of carbonyl (C=O) groups is 3. The SMILES string of the molecule is CN1c2ccccc2C(=O)N2CCc3c([nH]c4ccccc34)[C@H]21.C[C@@H]1OC=C2[C@H](O)C3O[C@H]3C(=O)[C@@]23C2O[C@H](C)[C@H](C4C(=O)[C@@H]5OC5[C@@H](O)C42)[C@@H]13. The molecule has 1 amide bonds. The summed E-state index contributed by atoms with van der Waals surface area (Å²) >= 11 is 0. The Morgan fingerprint density at radius 3 is 2.51 bits per heavy atom. The van der Waals surface area contributed by atoms with Crippen LogP contribution in [0.4, 0.5) is 5.69 Å². The van der Waals surface area contributed by atoms with E-state index < -0.39 is 60.0 Å². The zero-order valence-electron chi connectivity index (χ0n) is 28.3. The van der Waals surface area contributed by atoms with E-state index in [1.54, 1.807) is 0 Å². The number of anilines is 1. The van der Waals surface area contributed by atoms with Crippen molar-refractivity contribution in [3.8, 4) is 0 Å². The fraction of sp³-hybridized carbons (Fsp3) is 0.513. The number of carbonyl (C=O) groups excluding carboxylic acids is 3. The van der Waals surface area contributed by atoms with Crippen molar-refractivity contribution in [3.63, 3.8) is 0 Å². The summed E-state index contributed by atoms with van der Waals surface area (Å²) in [5.41, 5.74) is 4.81. The molecule has 10 aliphatic rings. The summed E-state index contributed by atoms with van der Waals surface area (Å²) in [7, 11) is 2.07. The fourth-order valence-electron chi connectivity index (χ4n) is 11.6. The van der Waals surface area contributed by atoms with Crippen LogP contribution < -0.4 is 4.90 Å². The number of ether oxygens (including phenoxy) is 4. The van der Waals surface area contributed by atoms with Gasteiger partial charge in [0.1, 0.15) is 36.7 Å². The van der Waals surface area contributed by atoms with Crippen molar-refractivity contribution in [2.75, 3.05) is 18.5 Å². The van der Waals surface area contributed by atoms with Gasteiger partial charge in [-0.1, -0.05) is 30.3 Å². The van der Waals surface area contributed by atoms with Gasteiger partial charge in [0.15, 0.2) is 11.6 Å². The molecule has 1 spiro atoms. The second kappa shape index (κ2) is 10.1. The molecule has 7 fully saturated rings. The van der Waals surface area contributed by atoms with Gasteiger partial charge < -0.3 is 43.9 Å². The van der Waals surface area contributed by atoms with Gasteiger partial charge in [0.05, 0.1) is 53.0 Å². The fourth-order valence-corrected chi connectivity index (χ4v) is 11.6. The molecule has 2 aromatic carbocycles. The number of aromatic amines is 1. The first-order valence-corrected chi connectivity index (χ1v) is 18.1. The summed E-state index contributed by atoms with van der Waals surface area (Å²) in [6.45, 7) is 4.59. The number of H-pyrrole nitrogens is 1. The van der Waals surface area contributed by atoms with Crippen LogP contribution in [0.1, 0.15) is 41.6 Å². The van der Waals surface area contributed by atoms with Crippen molar-refractivity contribution in [2.24, 2.45) is 29.1 Å². The number of benzene rings is 2. The van der Waals surface area contributed by atoms with Crippen molar-refractivity contribution >= 4 is 34.1 Å². The molecule has 8 heterocycles. The molecule has 2 bridgehead atoms. The summed E-state index contributed by atoms with van der Waals surface area (Å²) in [6, 6.07) is 16.3. The van der Waals surface area contributed by atoms with Crippen molar-refractivity contribution < 1.29 is 43.5 Å². The van der Waals surface area contributed by atoms with Crippen molar-refractivity contribution in [2.45, 2.75) is 81.4 Å². The lowest BCUT2D eigenvalue weighted by Gasteiger charge is -2.67. The van der Waals surface area contributed by atoms with E-state index in [1.165, 1.54) is 17.2 Å². The highest BCUT2D eigenvalue weighted by molar-refractivity contribution is 6.03. The Morgan fingerprint density at radius 2 is 1.67 bits per heavy atom. The first kappa shape index (κ1) is 30.5. The number of Topliss-reactive ketones (excluding diaryl/α,β-unsaturated/α-hetero) is 2. The van der Waals surface area contributed by atoms with Crippen molar-refractivity contribution in [3.05, 3.63) is 77.2 Å². The van der Waals surface area contributed by atoms with Gasteiger partial charge in [-0.2, -0.15) is 0 Å². The highest BCUT2D eigenvalue weighted by atomic mass is 16.6. The van der Waals surface area contributed by atoms with Crippen molar-refractivity contribution in [1.82, 2.24) is 9.88 Å². The van der Waals surface area contributed by atoms with Crippen molar-refractivity contribution in [1.29, 1.82) is 0 Å². The Kier molecular flexibility index (Phi) is 6.03. The van der Waals surface area contributed by atoms with Crippen LogP contribution in [0.15, 0.2) is 60.4 Å². The summed E-state index contributed by atoms with van der Waals surface area (Å²) in [4.78, 5) is 47.5. The van der Waals surface area contributed by atoms with Crippen LogP contribution in [0.25, 0.3) is 10.9 Å². The lowest BCUT2D eigenvalue weighted by Crippen LogP contribution is -2.77. The minimum atomic E-state index is -1.13. The zero-order valence-corrected chi connectivity index (χ0v) is 28.3. The third kappa shape index (κ3) is 3.65. The number of nitrogens with one attached hydrogen (secondary N) is 1. The number of fused-ring (bicyclic) bond motifs is 9. The monoisotopic (exact) mass is 693 g/mol. The van der Waals surface area contributed by atoms with Gasteiger partial charge in [-0.05, 0) is 44.0 Å². The Morgan fingerprint density at radius 1 is 0.902 bits per heavy atom. The van der Waals surface area contributed by atoms with Crippen LogP contribution in [-0.2, 0) is 35.0 Å².